The molecule has 8 aliphatic rings. The number of Topliss-reactive ketones (excluding diaryl/α,β-unsaturated/α-hetero) is 1. The van der Waals surface area contributed by atoms with Gasteiger partial charge in [-0.25, -0.2) is 29.0 Å². The molecular formula is C98H82Cl8F17N7O16. The summed E-state index contributed by atoms with van der Waals surface area (Å²) in [6.07, 6.45) is -21.2. The van der Waals surface area contributed by atoms with Crippen molar-refractivity contribution in [1.29, 1.82) is 0 Å². The number of halogens is 25. The molecule has 8 aromatic rings. The zero-order valence-corrected chi connectivity index (χ0v) is 83.0. The van der Waals surface area contributed by atoms with E-state index in [-0.39, 0.29) is 148 Å². The summed E-state index contributed by atoms with van der Waals surface area (Å²) >= 11 is 47.5. The molecule has 3 N–H and O–H groups in total. The predicted octanol–water partition coefficient (Wildman–Crippen LogP) is 23.2. The lowest BCUT2D eigenvalue weighted by molar-refractivity contribution is -0.261. The third-order valence-corrected chi connectivity index (χ3v) is 26.0. The van der Waals surface area contributed by atoms with Gasteiger partial charge in [0.15, 0.2) is 5.78 Å². The maximum absolute atomic E-state index is 14.3. The lowest BCUT2D eigenvalue weighted by atomic mass is 9.85. The van der Waals surface area contributed by atoms with E-state index in [9.17, 15) is 113 Å². The summed E-state index contributed by atoms with van der Waals surface area (Å²) in [5.41, 5.74) is -6.33. The van der Waals surface area contributed by atoms with E-state index < -0.39 is 145 Å². The highest BCUT2D eigenvalue weighted by Crippen LogP contribution is 2.57. The number of alkyl halides is 17. The molecule has 146 heavy (non-hydrogen) atoms. The Morgan fingerprint density at radius 3 is 0.938 bits per heavy atom. The zero-order valence-electron chi connectivity index (χ0n) is 76.9. The number of ketones is 1. The van der Waals surface area contributed by atoms with Crippen molar-refractivity contribution in [3.8, 4) is 0 Å². The number of hydrogen-bond acceptors (Lipinski definition) is 16. The second-order valence-corrected chi connectivity index (χ2v) is 38.2. The summed E-state index contributed by atoms with van der Waals surface area (Å²) in [6.45, 7) is 7.46. The molecule has 0 radical (unpaired) electrons. The van der Waals surface area contributed by atoms with Crippen LogP contribution in [0, 0.1) is 33.6 Å². The van der Waals surface area contributed by atoms with Gasteiger partial charge in [-0.15, -0.1) is 0 Å². The Hall–Kier alpha value is -10.8. The number of hydroxylamine groups is 8. The van der Waals surface area contributed by atoms with Crippen molar-refractivity contribution in [3.05, 3.63) is 299 Å². The van der Waals surface area contributed by atoms with Gasteiger partial charge in [-0.3, -0.25) is 57.7 Å². The Morgan fingerprint density at radius 1 is 0.363 bits per heavy atom. The summed E-state index contributed by atoms with van der Waals surface area (Å²) in [6, 6.07) is 29.8. The summed E-state index contributed by atoms with van der Waals surface area (Å²) in [5.74, 6) is -8.84. The second kappa shape index (κ2) is 43.8. The number of amides is 7. The number of carbonyl (C=O) groups excluding carboxylic acids is 8. The minimum atomic E-state index is -4.84. The number of ether oxygens (including phenoxy) is 4. The summed E-state index contributed by atoms with van der Waals surface area (Å²) < 4.78 is 256. The molecule has 16 rings (SSSR count). The first-order chi connectivity index (χ1) is 68.1. The summed E-state index contributed by atoms with van der Waals surface area (Å²) in [4.78, 5) is 120. The van der Waals surface area contributed by atoms with Gasteiger partial charge in [0.2, 0.25) is 22.4 Å². The van der Waals surface area contributed by atoms with E-state index in [4.69, 9.17) is 131 Å². The molecule has 23 nitrogen and oxygen atoms in total. The number of benzene rings is 8. The minimum absolute atomic E-state index is 0.00737. The van der Waals surface area contributed by atoms with Gasteiger partial charge >= 0.3 is 30.9 Å². The zero-order chi connectivity index (χ0) is 107. The highest BCUT2D eigenvalue weighted by Gasteiger charge is 2.64. The highest BCUT2D eigenvalue weighted by molar-refractivity contribution is 6.36. The molecule has 4 fully saturated rings. The van der Waals surface area contributed by atoms with Gasteiger partial charge in [-0.1, -0.05) is 147 Å². The third kappa shape index (κ3) is 24.7. The van der Waals surface area contributed by atoms with Gasteiger partial charge in [0.25, 0.3) is 47.3 Å². The lowest BCUT2D eigenvalue weighted by Crippen LogP contribution is -2.44. The predicted molar refractivity (Wildman–Crippen MR) is 502 cm³/mol. The molecule has 0 saturated carbocycles. The van der Waals surface area contributed by atoms with Gasteiger partial charge in [0, 0.05) is 113 Å². The van der Waals surface area contributed by atoms with Crippen LogP contribution < -0.4 is 16.0 Å². The SMILES string of the molecule is CCN1OCC(NC(=O)c2ccc(C3=CC(c4cc(Cl)cc(Cl)c4)(C(F)(F)F)OC3)cc2C)C1=O.CCN1OC[C@H](NC(=O)c2ccc(C3=COC(c4cc(Cl)cc(Cl)c4)(C(F)(F)F)C3)cc2C)C1=O.Cc1cc(C2=CC(c3cc(Cl)cc(Cl)c3)(C(F)(F)F)OC2)ccc1C(=O)CC1CON(CC(F)(F)F)C1=O.Cc1cc(C2=COC(c3cc(Cl)cc(Cl)c3)(C(F)(F)F)C2)ccc1C(=O)N[C@H]1CON(CC(C)(F)F)C1=O. The van der Waals surface area contributed by atoms with Crippen molar-refractivity contribution in [2.45, 2.75) is 145 Å². The molecule has 6 unspecified atom stereocenters. The number of rotatable bonds is 22. The van der Waals surface area contributed by atoms with Crippen LogP contribution in [0.1, 0.15) is 148 Å². The van der Waals surface area contributed by atoms with E-state index in [0.717, 1.165) is 48.9 Å². The molecule has 8 aromatic carbocycles. The number of aryl methyl sites for hydroxylation is 4. The largest absolute Gasteiger partial charge is 0.480 e. The number of nitrogens with zero attached hydrogens (tertiary/aromatic N) is 4. The average Bonchev–Trinajstić information content (AvgIpc) is 0.907. The van der Waals surface area contributed by atoms with Gasteiger partial charge in [0.1, 0.15) is 51.0 Å². The smallest absolute Gasteiger partial charge is 0.432 e. The Morgan fingerprint density at radius 2 is 0.651 bits per heavy atom. The van der Waals surface area contributed by atoms with Crippen LogP contribution in [0.5, 0.6) is 0 Å². The molecule has 8 heterocycles. The van der Waals surface area contributed by atoms with Crippen molar-refractivity contribution < 1.29 is 151 Å². The van der Waals surface area contributed by atoms with Gasteiger partial charge in [0.05, 0.1) is 38.3 Å². The fourth-order valence-electron chi connectivity index (χ4n) is 17.0. The minimum Gasteiger partial charge on any atom is -0.480 e. The first-order valence-corrected chi connectivity index (χ1v) is 46.8. The summed E-state index contributed by atoms with van der Waals surface area (Å²) in [5, 5.41) is 11.1. The molecule has 0 bridgehead atoms. The van der Waals surface area contributed by atoms with Crippen molar-refractivity contribution in [1.82, 2.24) is 36.2 Å². The van der Waals surface area contributed by atoms with E-state index in [1.165, 1.54) is 107 Å². The van der Waals surface area contributed by atoms with E-state index in [1.54, 1.807) is 65.8 Å². The fraction of sp³-hybridized carbons (Fsp3) is 0.347. The third-order valence-electron chi connectivity index (χ3n) is 24.3. The molecule has 0 spiro atoms. The van der Waals surface area contributed by atoms with Gasteiger partial charge < -0.3 is 34.9 Å². The van der Waals surface area contributed by atoms with E-state index in [0.29, 0.717) is 91.9 Å². The van der Waals surface area contributed by atoms with Gasteiger partial charge in [-0.2, -0.15) is 65.9 Å². The van der Waals surface area contributed by atoms with Crippen LogP contribution in [0.15, 0.2) is 170 Å². The fourth-order valence-corrected chi connectivity index (χ4v) is 19.1. The molecule has 0 aromatic heterocycles. The van der Waals surface area contributed by atoms with E-state index >= 15 is 0 Å². The van der Waals surface area contributed by atoms with Crippen LogP contribution >= 0.6 is 92.8 Å². The standard InChI is InChI=1S/C25H19Cl2F6NO4.C25H21Cl2F5N2O4.2C24H21Cl2F3N2O4/c1-13-4-14(2-3-20(13)21(35)5-15-11-38-34(22(15)36)12-24(28,29)30)16-9-23(37-10-16,25(31,32)33)17-6-18(26)8-19(27)7-17;1-13-5-14(3-4-19(13)21(35)33-20-11-38-34(22(20)36)12-23(2,28)29)15-9-24(37-10-15,25(30,31)32)16-6-17(26)8-18(27)7-16;2*1-3-31-22(33)20(12-35-31)30-21(32)19-5-4-14(6-13(19)2)15-10-23(34-11-15,24(27,28)29)16-7-17(25)9-18(26)8-16/h2-4,6-9,15H,5,10-12H2,1H3;3-8,10,20H,9,11-12H2,1-2H3,(H,33,35);4-9,11,20H,3,10,12H2,1-2H3,(H,30,32);4-10,20H,3,11-12H2,1-2H3,(H,30,32)/t;20-,24?;20-,23?;/m.00./s1. The number of hydrogen-bond donors (Lipinski definition) is 3. The Bertz CT molecular complexity index is 6520. The van der Waals surface area contributed by atoms with Crippen molar-refractivity contribution in [2.75, 3.05) is 65.8 Å². The van der Waals surface area contributed by atoms with Crippen molar-refractivity contribution in [3.63, 3.8) is 0 Å². The quantitative estimate of drug-likeness (QED) is 0.0421. The van der Waals surface area contributed by atoms with E-state index in [1.807, 2.05) is 0 Å². The van der Waals surface area contributed by atoms with Crippen LogP contribution in [-0.4, -0.2) is 188 Å². The van der Waals surface area contributed by atoms with E-state index in [2.05, 4.69) is 16.0 Å². The average molecular weight is 2220 g/mol. The molecule has 8 aliphatic heterocycles. The Balaban J connectivity index is 0.000000163. The van der Waals surface area contributed by atoms with Crippen LogP contribution in [0.25, 0.3) is 22.3 Å². The maximum atomic E-state index is 14.3. The maximum Gasteiger partial charge on any atom is 0.432 e. The van der Waals surface area contributed by atoms with Crippen molar-refractivity contribution >= 4 is 162 Å². The Labute approximate surface area is 860 Å². The molecular weight excluding hydrogens is 2140 g/mol. The monoisotopic (exact) mass is 2220 g/mol. The lowest BCUT2D eigenvalue weighted by Gasteiger charge is -2.32. The van der Waals surface area contributed by atoms with Crippen LogP contribution in [0.4, 0.5) is 74.6 Å². The van der Waals surface area contributed by atoms with Crippen LogP contribution in [0.3, 0.4) is 0 Å². The number of carbonyl (C=O) groups is 8. The topological polar surface area (TPSA) is 259 Å². The van der Waals surface area contributed by atoms with Crippen LogP contribution in [-0.2, 0) is 79.9 Å². The van der Waals surface area contributed by atoms with Gasteiger partial charge in [-0.05, 0) is 223 Å². The molecule has 4 saturated heterocycles. The Kier molecular flexibility index (Phi) is 33.7. The molecule has 7 amide bonds. The molecule has 48 heteroatoms. The molecule has 780 valence electrons. The van der Waals surface area contributed by atoms with Crippen LogP contribution in [0.2, 0.25) is 40.2 Å². The second-order valence-electron chi connectivity index (χ2n) is 34.7. The number of likely N-dealkylation sites (N-methyl/N-ethyl adjacent to an activating group) is 2. The first-order valence-electron chi connectivity index (χ1n) is 43.8. The highest BCUT2D eigenvalue weighted by atomic mass is 35.5. The molecule has 0 aliphatic carbocycles. The normalized spacial score (nSPS) is 22.2. The number of nitrogens with one attached hydrogen (secondary N) is 3. The molecule has 8 atom stereocenters. The first kappa shape index (κ1) is 112. The van der Waals surface area contributed by atoms with Crippen molar-refractivity contribution in [2.24, 2.45) is 5.92 Å². The summed E-state index contributed by atoms with van der Waals surface area (Å²) in [7, 11) is 0.